The van der Waals surface area contributed by atoms with E-state index in [4.69, 9.17) is 0 Å². The van der Waals surface area contributed by atoms with Crippen LogP contribution in [0.3, 0.4) is 0 Å². The van der Waals surface area contributed by atoms with Crippen molar-refractivity contribution in [3.8, 4) is 0 Å². The summed E-state index contributed by atoms with van der Waals surface area (Å²) in [7, 11) is 0. The zero-order chi connectivity index (χ0) is 7.26. The Hall–Kier alpha value is -0.520. The van der Waals surface area contributed by atoms with E-state index >= 15 is 0 Å². The molecule has 0 aromatic rings. The first-order chi connectivity index (χ1) is 5.45. The van der Waals surface area contributed by atoms with Gasteiger partial charge in [0.05, 0.1) is 0 Å². The third-order valence-corrected chi connectivity index (χ3v) is 3.76. The van der Waals surface area contributed by atoms with Crippen molar-refractivity contribution in [2.24, 2.45) is 23.7 Å². The second-order valence-electron chi connectivity index (χ2n) is 4.23. The molecule has 1 saturated carbocycles. The van der Waals surface area contributed by atoms with E-state index < -0.39 is 0 Å². The first-order valence-electron chi connectivity index (χ1n) is 4.78. The van der Waals surface area contributed by atoms with Crippen molar-refractivity contribution >= 4 is 0 Å². The van der Waals surface area contributed by atoms with E-state index in [1.807, 2.05) is 0 Å². The summed E-state index contributed by atoms with van der Waals surface area (Å²) >= 11 is 0. The lowest BCUT2D eigenvalue weighted by molar-refractivity contribution is 0.372. The zero-order valence-corrected chi connectivity index (χ0v) is 6.74. The van der Waals surface area contributed by atoms with Crippen molar-refractivity contribution in [1.82, 2.24) is 0 Å². The van der Waals surface area contributed by atoms with Gasteiger partial charge in [-0.3, -0.25) is 0 Å². The lowest BCUT2D eigenvalue weighted by Crippen LogP contribution is -2.08. The minimum atomic E-state index is 0.914. The van der Waals surface area contributed by atoms with Crippen molar-refractivity contribution < 1.29 is 0 Å². The molecule has 0 aliphatic heterocycles. The monoisotopic (exact) mass is 146 g/mol. The van der Waals surface area contributed by atoms with Crippen molar-refractivity contribution in [3.63, 3.8) is 0 Å². The fourth-order valence-corrected chi connectivity index (χ4v) is 3.25. The first kappa shape index (κ1) is 6.05. The average molecular weight is 146 g/mol. The second-order valence-corrected chi connectivity index (χ2v) is 4.23. The van der Waals surface area contributed by atoms with Crippen molar-refractivity contribution in [1.29, 1.82) is 0 Å². The van der Waals surface area contributed by atoms with E-state index in [2.05, 4.69) is 24.3 Å². The summed E-state index contributed by atoms with van der Waals surface area (Å²) < 4.78 is 0. The third-order valence-electron chi connectivity index (χ3n) is 3.76. The lowest BCUT2D eigenvalue weighted by Gasteiger charge is -2.15. The molecule has 4 unspecified atom stereocenters. The van der Waals surface area contributed by atoms with Crippen LogP contribution < -0.4 is 0 Å². The van der Waals surface area contributed by atoms with Crippen LogP contribution in [0.2, 0.25) is 0 Å². The Morgan fingerprint density at radius 2 is 1.91 bits per heavy atom. The quantitative estimate of drug-likeness (QED) is 0.461. The van der Waals surface area contributed by atoms with Crippen LogP contribution in [0.15, 0.2) is 24.3 Å². The topological polar surface area (TPSA) is 0 Å². The highest BCUT2D eigenvalue weighted by atomic mass is 14.5. The van der Waals surface area contributed by atoms with Gasteiger partial charge in [-0.25, -0.2) is 0 Å². The predicted molar refractivity (Wildman–Crippen MR) is 46.1 cm³/mol. The summed E-state index contributed by atoms with van der Waals surface area (Å²) in [5.74, 6) is 3.90. The summed E-state index contributed by atoms with van der Waals surface area (Å²) in [5, 5.41) is 0. The van der Waals surface area contributed by atoms with E-state index in [0.717, 1.165) is 23.7 Å². The SMILES string of the molecule is C1=CC2CC(C1)C1CC=CC21. The summed E-state index contributed by atoms with van der Waals surface area (Å²) in [4.78, 5) is 0. The van der Waals surface area contributed by atoms with E-state index in [-0.39, 0.29) is 0 Å². The molecule has 0 nitrogen and oxygen atoms in total. The van der Waals surface area contributed by atoms with E-state index in [9.17, 15) is 0 Å². The molecule has 0 aromatic carbocycles. The average Bonchev–Trinajstić information content (AvgIpc) is 2.58. The van der Waals surface area contributed by atoms with Gasteiger partial charge in [-0.1, -0.05) is 24.3 Å². The van der Waals surface area contributed by atoms with Gasteiger partial charge >= 0.3 is 0 Å². The number of rotatable bonds is 0. The number of hydrogen-bond donors (Lipinski definition) is 0. The maximum absolute atomic E-state index is 2.46. The minimum Gasteiger partial charge on any atom is -0.0880 e. The zero-order valence-electron chi connectivity index (χ0n) is 6.74. The highest BCUT2D eigenvalue weighted by Gasteiger charge is 2.42. The highest BCUT2D eigenvalue weighted by Crippen LogP contribution is 2.51. The second kappa shape index (κ2) is 2.00. The number of fused-ring (bicyclic) bond motifs is 5. The molecule has 58 valence electrons. The molecular weight excluding hydrogens is 132 g/mol. The number of hydrogen-bond acceptors (Lipinski definition) is 0. The molecule has 0 saturated heterocycles. The summed E-state index contributed by atoms with van der Waals surface area (Å²) in [5.41, 5.74) is 0. The molecule has 0 N–H and O–H groups in total. The fourth-order valence-electron chi connectivity index (χ4n) is 3.25. The van der Waals surface area contributed by atoms with Gasteiger partial charge in [-0.05, 0) is 42.9 Å². The van der Waals surface area contributed by atoms with Crippen LogP contribution in [0.5, 0.6) is 0 Å². The number of allylic oxidation sites excluding steroid dienone is 4. The Bertz CT molecular complexity index is 224. The van der Waals surface area contributed by atoms with Crippen LogP contribution in [0, 0.1) is 23.7 Å². The molecule has 3 rings (SSSR count). The van der Waals surface area contributed by atoms with Crippen LogP contribution in [-0.4, -0.2) is 0 Å². The molecule has 0 heteroatoms. The van der Waals surface area contributed by atoms with Gasteiger partial charge in [0.2, 0.25) is 0 Å². The molecule has 0 spiro atoms. The minimum absolute atomic E-state index is 0.914. The van der Waals surface area contributed by atoms with Gasteiger partial charge in [0.1, 0.15) is 0 Å². The Morgan fingerprint density at radius 3 is 2.91 bits per heavy atom. The Labute approximate surface area is 68.0 Å². The molecule has 0 radical (unpaired) electrons. The van der Waals surface area contributed by atoms with Gasteiger partial charge in [0, 0.05) is 0 Å². The van der Waals surface area contributed by atoms with Gasteiger partial charge < -0.3 is 0 Å². The van der Waals surface area contributed by atoms with Crippen molar-refractivity contribution in [2.75, 3.05) is 0 Å². The van der Waals surface area contributed by atoms with Gasteiger partial charge in [0.25, 0.3) is 0 Å². The summed E-state index contributed by atoms with van der Waals surface area (Å²) in [6.07, 6.45) is 13.9. The lowest BCUT2D eigenvalue weighted by atomic mass is 9.89. The Kier molecular flexibility index (Phi) is 1.10. The van der Waals surface area contributed by atoms with E-state index in [0.29, 0.717) is 0 Å². The van der Waals surface area contributed by atoms with Crippen LogP contribution in [0.1, 0.15) is 19.3 Å². The normalized spacial score (nSPS) is 51.6. The third kappa shape index (κ3) is 0.702. The molecule has 1 fully saturated rings. The fraction of sp³-hybridized carbons (Fsp3) is 0.636. The van der Waals surface area contributed by atoms with Gasteiger partial charge in [-0.15, -0.1) is 0 Å². The Morgan fingerprint density at radius 1 is 1.00 bits per heavy atom. The molecule has 0 amide bonds. The molecular formula is C11H14. The first-order valence-corrected chi connectivity index (χ1v) is 4.78. The Balaban J connectivity index is 1.99. The molecule has 0 heterocycles. The van der Waals surface area contributed by atoms with E-state index in [1.165, 1.54) is 19.3 Å². The smallest absolute Gasteiger partial charge is 0.0136 e. The van der Waals surface area contributed by atoms with Gasteiger partial charge in [-0.2, -0.15) is 0 Å². The van der Waals surface area contributed by atoms with E-state index in [1.54, 1.807) is 0 Å². The molecule has 3 aliphatic rings. The maximum Gasteiger partial charge on any atom is -0.0136 e. The molecule has 11 heavy (non-hydrogen) atoms. The van der Waals surface area contributed by atoms with Crippen LogP contribution >= 0.6 is 0 Å². The maximum atomic E-state index is 2.46. The van der Waals surface area contributed by atoms with Gasteiger partial charge in [0.15, 0.2) is 0 Å². The van der Waals surface area contributed by atoms with Crippen LogP contribution in [-0.2, 0) is 0 Å². The largest absolute Gasteiger partial charge is 0.0880 e. The predicted octanol–water partition coefficient (Wildman–Crippen LogP) is 2.77. The summed E-state index contributed by atoms with van der Waals surface area (Å²) in [6, 6.07) is 0. The molecule has 3 aliphatic carbocycles. The highest BCUT2D eigenvalue weighted by molar-refractivity contribution is 5.17. The van der Waals surface area contributed by atoms with Crippen molar-refractivity contribution in [2.45, 2.75) is 19.3 Å². The van der Waals surface area contributed by atoms with Crippen LogP contribution in [0.4, 0.5) is 0 Å². The molecule has 0 aromatic heterocycles. The summed E-state index contributed by atoms with van der Waals surface area (Å²) in [6.45, 7) is 0. The molecule has 2 bridgehead atoms. The van der Waals surface area contributed by atoms with Crippen molar-refractivity contribution in [3.05, 3.63) is 24.3 Å². The molecule has 4 atom stereocenters. The standard InChI is InChI=1S/C11H14/c1-3-8-7-9(4-1)11-6-2-5-10(8)11/h1-3,5,8-11H,4,6-7H2. The van der Waals surface area contributed by atoms with Crippen LogP contribution in [0.25, 0.3) is 0 Å².